The van der Waals surface area contributed by atoms with Crippen LogP contribution in [0.15, 0.2) is 23.1 Å². The van der Waals surface area contributed by atoms with Crippen molar-refractivity contribution in [3.05, 3.63) is 23.8 Å². The minimum atomic E-state index is -3.82. The van der Waals surface area contributed by atoms with Crippen LogP contribution in [0.2, 0.25) is 0 Å². The zero-order valence-electron chi connectivity index (χ0n) is 18.2. The molecule has 1 amide bonds. The topological polar surface area (TPSA) is 102 Å². The number of carbonyl (C=O) groups excluding carboxylic acids is 2. The molecule has 9 heteroatoms. The van der Waals surface area contributed by atoms with Gasteiger partial charge in [0.2, 0.25) is 10.0 Å². The first kappa shape index (κ1) is 24.1. The molecule has 1 aromatic carbocycles. The molecule has 2 rings (SSSR count). The summed E-state index contributed by atoms with van der Waals surface area (Å²) in [4.78, 5) is 24.4. The second-order valence-corrected chi connectivity index (χ2v) is 9.95. The normalized spacial score (nSPS) is 15.9. The van der Waals surface area contributed by atoms with Crippen molar-refractivity contribution in [1.29, 1.82) is 0 Å². The highest BCUT2D eigenvalue weighted by Crippen LogP contribution is 2.29. The first-order chi connectivity index (χ1) is 14.1. The summed E-state index contributed by atoms with van der Waals surface area (Å²) < 4.78 is 38.1. The highest BCUT2D eigenvalue weighted by Gasteiger charge is 2.29. The average Bonchev–Trinajstić information content (AvgIpc) is 3.01. The van der Waals surface area contributed by atoms with E-state index >= 15 is 0 Å². The Hall–Kier alpha value is -2.13. The minimum absolute atomic E-state index is 0.0479. The summed E-state index contributed by atoms with van der Waals surface area (Å²) >= 11 is 0. The number of esters is 1. The van der Waals surface area contributed by atoms with Crippen LogP contribution < -0.4 is 10.1 Å². The second kappa shape index (κ2) is 10.3. The summed E-state index contributed by atoms with van der Waals surface area (Å²) in [5, 5.41) is 2.78. The molecule has 1 fully saturated rings. The lowest BCUT2D eigenvalue weighted by Gasteiger charge is -2.24. The molecule has 0 radical (unpaired) electrons. The highest BCUT2D eigenvalue weighted by molar-refractivity contribution is 7.89. The molecule has 0 unspecified atom stereocenters. The summed E-state index contributed by atoms with van der Waals surface area (Å²) in [6, 6.07) is 4.12. The van der Waals surface area contributed by atoms with E-state index in [-0.39, 0.29) is 16.2 Å². The average molecular weight is 441 g/mol. The number of hydrogen-bond donors (Lipinski definition) is 1. The van der Waals surface area contributed by atoms with E-state index < -0.39 is 34.0 Å². The molecule has 0 aromatic heterocycles. The van der Waals surface area contributed by atoms with Crippen LogP contribution in [0.5, 0.6) is 5.75 Å². The Morgan fingerprint density at radius 3 is 2.33 bits per heavy atom. The van der Waals surface area contributed by atoms with Crippen molar-refractivity contribution in [3.8, 4) is 5.75 Å². The Bertz CT molecular complexity index is 858. The summed E-state index contributed by atoms with van der Waals surface area (Å²) in [6.45, 7) is 6.12. The van der Waals surface area contributed by atoms with Crippen LogP contribution in [0.4, 0.5) is 0 Å². The third-order valence-electron chi connectivity index (χ3n) is 5.28. The Labute approximate surface area is 179 Å². The SMILES string of the molecule is CCC(C)(C)NC(=O)COC(=O)c1ccc(OC)c(S(=O)(=O)N2CCCCCC2)c1. The molecule has 0 atom stereocenters. The van der Waals surface area contributed by atoms with Gasteiger partial charge >= 0.3 is 5.97 Å². The van der Waals surface area contributed by atoms with E-state index in [0.29, 0.717) is 13.1 Å². The van der Waals surface area contributed by atoms with Crippen LogP contribution in [-0.2, 0) is 19.6 Å². The van der Waals surface area contributed by atoms with Crippen molar-refractivity contribution in [2.75, 3.05) is 26.8 Å². The van der Waals surface area contributed by atoms with Gasteiger partial charge < -0.3 is 14.8 Å². The molecule has 1 aromatic rings. The number of rotatable bonds is 8. The molecular weight excluding hydrogens is 408 g/mol. The molecule has 30 heavy (non-hydrogen) atoms. The summed E-state index contributed by atoms with van der Waals surface area (Å²) in [6.07, 6.45) is 4.31. The number of benzene rings is 1. The van der Waals surface area contributed by atoms with Crippen LogP contribution in [0.1, 0.15) is 63.2 Å². The van der Waals surface area contributed by atoms with Gasteiger partial charge in [-0.05, 0) is 51.3 Å². The number of nitrogens with zero attached hydrogens (tertiary/aromatic N) is 1. The summed E-state index contributed by atoms with van der Waals surface area (Å²) in [5.74, 6) is -1.02. The van der Waals surface area contributed by atoms with E-state index in [2.05, 4.69) is 5.32 Å². The van der Waals surface area contributed by atoms with Crippen molar-refractivity contribution < 1.29 is 27.5 Å². The predicted molar refractivity (Wildman–Crippen MR) is 113 cm³/mol. The maximum Gasteiger partial charge on any atom is 0.338 e. The van der Waals surface area contributed by atoms with Gasteiger partial charge in [0.05, 0.1) is 12.7 Å². The smallest absolute Gasteiger partial charge is 0.338 e. The molecular formula is C21H32N2O6S. The monoisotopic (exact) mass is 440 g/mol. The van der Waals surface area contributed by atoms with E-state index in [1.807, 2.05) is 20.8 Å². The van der Waals surface area contributed by atoms with Gasteiger partial charge in [0.1, 0.15) is 10.6 Å². The molecule has 1 saturated heterocycles. The van der Waals surface area contributed by atoms with Gasteiger partial charge in [-0.2, -0.15) is 4.31 Å². The maximum absolute atomic E-state index is 13.2. The first-order valence-electron chi connectivity index (χ1n) is 10.3. The lowest BCUT2D eigenvalue weighted by Crippen LogP contribution is -2.44. The third-order valence-corrected chi connectivity index (χ3v) is 7.20. The Balaban J connectivity index is 2.18. The van der Waals surface area contributed by atoms with Gasteiger partial charge in [-0.15, -0.1) is 0 Å². The number of amides is 1. The number of sulfonamides is 1. The minimum Gasteiger partial charge on any atom is -0.495 e. The van der Waals surface area contributed by atoms with Crippen molar-refractivity contribution in [2.24, 2.45) is 0 Å². The molecule has 0 spiro atoms. The second-order valence-electron chi connectivity index (χ2n) is 8.05. The highest BCUT2D eigenvalue weighted by atomic mass is 32.2. The van der Waals surface area contributed by atoms with Crippen molar-refractivity contribution in [3.63, 3.8) is 0 Å². The van der Waals surface area contributed by atoms with E-state index in [1.165, 1.54) is 29.6 Å². The quantitative estimate of drug-likeness (QED) is 0.624. The molecule has 1 aliphatic rings. The van der Waals surface area contributed by atoms with E-state index in [1.54, 1.807) is 0 Å². The zero-order chi connectivity index (χ0) is 22.4. The van der Waals surface area contributed by atoms with Gasteiger partial charge in [-0.3, -0.25) is 4.79 Å². The lowest BCUT2D eigenvalue weighted by molar-refractivity contribution is -0.125. The van der Waals surface area contributed by atoms with Gasteiger partial charge in [0.15, 0.2) is 6.61 Å². The third kappa shape index (κ3) is 6.18. The Kier molecular flexibility index (Phi) is 8.25. The Morgan fingerprint density at radius 2 is 1.77 bits per heavy atom. The van der Waals surface area contributed by atoms with Gasteiger partial charge in [-0.25, -0.2) is 13.2 Å². The van der Waals surface area contributed by atoms with E-state index in [0.717, 1.165) is 32.1 Å². The molecule has 1 heterocycles. The molecule has 0 aliphatic carbocycles. The molecule has 1 aliphatic heterocycles. The van der Waals surface area contributed by atoms with Crippen molar-refractivity contribution >= 4 is 21.9 Å². The Morgan fingerprint density at radius 1 is 1.13 bits per heavy atom. The lowest BCUT2D eigenvalue weighted by atomic mass is 10.0. The molecule has 8 nitrogen and oxygen atoms in total. The summed E-state index contributed by atoms with van der Waals surface area (Å²) in [7, 11) is -2.44. The zero-order valence-corrected chi connectivity index (χ0v) is 19.0. The van der Waals surface area contributed by atoms with Gasteiger partial charge in [0, 0.05) is 18.6 Å². The van der Waals surface area contributed by atoms with Crippen LogP contribution in [0.25, 0.3) is 0 Å². The molecule has 0 bridgehead atoms. The van der Waals surface area contributed by atoms with Crippen molar-refractivity contribution in [1.82, 2.24) is 9.62 Å². The largest absolute Gasteiger partial charge is 0.495 e. The summed E-state index contributed by atoms with van der Waals surface area (Å²) in [5.41, 5.74) is -0.357. The van der Waals surface area contributed by atoms with Crippen LogP contribution >= 0.6 is 0 Å². The number of nitrogens with one attached hydrogen (secondary N) is 1. The standard InChI is InChI=1S/C21H32N2O6S/c1-5-21(2,3)22-19(24)15-29-20(25)16-10-11-17(28-4)18(14-16)30(26,27)23-12-8-6-7-9-13-23/h10-11,14H,5-9,12-13,15H2,1-4H3,(H,22,24). The van der Waals surface area contributed by atoms with Crippen molar-refractivity contribution in [2.45, 2.75) is 63.3 Å². The fourth-order valence-electron chi connectivity index (χ4n) is 3.14. The fraction of sp³-hybridized carbons (Fsp3) is 0.619. The number of hydrogen-bond acceptors (Lipinski definition) is 6. The van der Waals surface area contributed by atoms with Gasteiger partial charge in [-0.1, -0.05) is 19.8 Å². The number of methoxy groups -OCH3 is 1. The molecule has 0 saturated carbocycles. The fourth-order valence-corrected chi connectivity index (χ4v) is 4.84. The van der Waals surface area contributed by atoms with E-state index in [4.69, 9.17) is 9.47 Å². The predicted octanol–water partition coefficient (Wildman–Crippen LogP) is 2.72. The van der Waals surface area contributed by atoms with Crippen LogP contribution in [-0.4, -0.2) is 56.9 Å². The number of carbonyl (C=O) groups is 2. The first-order valence-corrected chi connectivity index (χ1v) is 11.7. The maximum atomic E-state index is 13.2. The van der Waals surface area contributed by atoms with Crippen LogP contribution in [0, 0.1) is 0 Å². The number of ether oxygens (including phenoxy) is 2. The molecule has 168 valence electrons. The van der Waals surface area contributed by atoms with E-state index in [9.17, 15) is 18.0 Å². The van der Waals surface area contributed by atoms with Gasteiger partial charge in [0.25, 0.3) is 5.91 Å². The molecule has 1 N–H and O–H groups in total. The van der Waals surface area contributed by atoms with Crippen LogP contribution in [0.3, 0.4) is 0 Å².